The van der Waals surface area contributed by atoms with Gasteiger partial charge < -0.3 is 9.47 Å². The molecule has 0 atom stereocenters. The molecule has 0 unspecified atom stereocenters. The normalized spacial score (nSPS) is 11.6. The number of primary sulfonamides is 1. The van der Waals surface area contributed by atoms with Crippen LogP contribution in [0.1, 0.15) is 17.5 Å². The fourth-order valence-corrected chi connectivity index (χ4v) is 4.42. The minimum absolute atomic E-state index is 0.0108. The van der Waals surface area contributed by atoms with E-state index in [2.05, 4.69) is 15.1 Å². The molecule has 37 heavy (non-hydrogen) atoms. The molecule has 5 rings (SSSR count). The number of rotatable bonds is 6. The third-order valence-corrected chi connectivity index (χ3v) is 6.55. The Morgan fingerprint density at radius 1 is 1.05 bits per heavy atom. The van der Waals surface area contributed by atoms with Gasteiger partial charge >= 0.3 is 5.97 Å². The fourth-order valence-electron chi connectivity index (χ4n) is 3.90. The highest BCUT2D eigenvalue weighted by molar-refractivity contribution is 7.89. The van der Waals surface area contributed by atoms with Crippen molar-refractivity contribution in [3.05, 3.63) is 77.0 Å². The Labute approximate surface area is 210 Å². The van der Waals surface area contributed by atoms with Crippen LogP contribution in [0.5, 0.6) is 5.75 Å². The number of fused-ring (bicyclic) bond motifs is 2. The zero-order chi connectivity index (χ0) is 26.3. The number of ether oxygens (including phenoxy) is 2. The molecule has 0 saturated heterocycles. The van der Waals surface area contributed by atoms with Crippen molar-refractivity contribution in [2.24, 2.45) is 5.14 Å². The molecule has 5 aromatic rings. The maximum Gasteiger partial charge on any atom is 0.376 e. The predicted molar refractivity (Wildman–Crippen MR) is 133 cm³/mol. The van der Waals surface area contributed by atoms with E-state index in [1.165, 1.54) is 35.1 Å². The smallest absolute Gasteiger partial charge is 0.376 e. The number of sulfonamides is 1. The molecule has 2 aromatic carbocycles. The summed E-state index contributed by atoms with van der Waals surface area (Å²) in [4.78, 5) is 35.4. The first-order valence-corrected chi connectivity index (χ1v) is 12.5. The fraction of sp³-hybridized carbons (Fsp3) is 0.125. The van der Waals surface area contributed by atoms with E-state index in [0.29, 0.717) is 17.0 Å². The maximum atomic E-state index is 13.9. The van der Waals surface area contributed by atoms with Crippen LogP contribution < -0.4 is 15.4 Å². The molecule has 0 aliphatic heterocycles. The van der Waals surface area contributed by atoms with Crippen molar-refractivity contribution in [2.75, 3.05) is 13.7 Å². The first-order valence-electron chi connectivity index (χ1n) is 11.0. The van der Waals surface area contributed by atoms with E-state index in [4.69, 9.17) is 14.6 Å². The lowest BCUT2D eigenvalue weighted by Gasteiger charge is -2.08. The summed E-state index contributed by atoms with van der Waals surface area (Å²) in [5.74, 6) is -0.483. The average Bonchev–Trinajstić information content (AvgIpc) is 3.28. The van der Waals surface area contributed by atoms with E-state index in [1.807, 2.05) is 0 Å². The number of benzene rings is 2. The first kappa shape index (κ1) is 24.1. The van der Waals surface area contributed by atoms with Gasteiger partial charge in [-0.1, -0.05) is 12.1 Å². The van der Waals surface area contributed by atoms with Crippen molar-refractivity contribution in [3.63, 3.8) is 0 Å². The molecule has 0 amide bonds. The SMILES string of the molecule is CCOC(=O)c1nn(-c2ccc(S(N)(=O)=O)cc2)c2nc3nccc(-c4ccc(OC)cc4)c3c(=O)n12. The van der Waals surface area contributed by atoms with E-state index < -0.39 is 21.6 Å². The van der Waals surface area contributed by atoms with Crippen LogP contribution in [0.2, 0.25) is 0 Å². The van der Waals surface area contributed by atoms with Gasteiger partial charge in [0.2, 0.25) is 21.6 Å². The van der Waals surface area contributed by atoms with Crippen LogP contribution in [0.3, 0.4) is 0 Å². The zero-order valence-electron chi connectivity index (χ0n) is 19.7. The lowest BCUT2D eigenvalue weighted by Crippen LogP contribution is -2.21. The van der Waals surface area contributed by atoms with Crippen LogP contribution >= 0.6 is 0 Å². The molecular weight excluding hydrogens is 500 g/mol. The molecule has 0 aliphatic rings. The molecular formula is C24H20N6O6S. The minimum atomic E-state index is -3.92. The molecule has 0 bridgehead atoms. The molecule has 0 radical (unpaired) electrons. The van der Waals surface area contributed by atoms with Gasteiger partial charge in [-0.3, -0.25) is 4.79 Å². The number of pyridine rings is 1. The van der Waals surface area contributed by atoms with E-state index in [9.17, 15) is 18.0 Å². The quantitative estimate of drug-likeness (QED) is 0.330. The van der Waals surface area contributed by atoms with Gasteiger partial charge in [-0.2, -0.15) is 9.67 Å². The highest BCUT2D eigenvalue weighted by atomic mass is 32.2. The number of esters is 1. The van der Waals surface area contributed by atoms with Crippen molar-refractivity contribution >= 4 is 32.8 Å². The highest BCUT2D eigenvalue weighted by Crippen LogP contribution is 2.27. The number of nitrogens with two attached hydrogens (primary N) is 1. The van der Waals surface area contributed by atoms with Gasteiger partial charge in [-0.05, 0) is 60.5 Å². The summed E-state index contributed by atoms with van der Waals surface area (Å²) in [5.41, 5.74) is 1.17. The predicted octanol–water partition coefficient (Wildman–Crippen LogP) is 1.93. The van der Waals surface area contributed by atoms with Crippen LogP contribution in [0.15, 0.2) is 70.5 Å². The zero-order valence-corrected chi connectivity index (χ0v) is 20.5. The van der Waals surface area contributed by atoms with Crippen LogP contribution in [-0.4, -0.2) is 52.3 Å². The topological polar surface area (TPSA) is 161 Å². The second kappa shape index (κ2) is 9.11. The van der Waals surface area contributed by atoms with Crippen molar-refractivity contribution < 1.29 is 22.7 Å². The average molecular weight is 521 g/mol. The van der Waals surface area contributed by atoms with E-state index in [-0.39, 0.29) is 34.1 Å². The van der Waals surface area contributed by atoms with Gasteiger partial charge in [-0.25, -0.2) is 27.7 Å². The molecule has 2 N–H and O–H groups in total. The molecule has 3 heterocycles. The van der Waals surface area contributed by atoms with Crippen molar-refractivity contribution in [1.29, 1.82) is 0 Å². The monoisotopic (exact) mass is 520 g/mol. The summed E-state index contributed by atoms with van der Waals surface area (Å²) in [5, 5.41) is 9.67. The third kappa shape index (κ3) is 4.19. The molecule has 0 aliphatic carbocycles. The second-order valence-corrected chi connectivity index (χ2v) is 9.39. The van der Waals surface area contributed by atoms with Crippen molar-refractivity contribution in [3.8, 4) is 22.6 Å². The number of hydrogen-bond donors (Lipinski definition) is 1. The van der Waals surface area contributed by atoms with Crippen LogP contribution in [0, 0.1) is 0 Å². The standard InChI is InChI=1S/C24H20N6O6S/c1-3-36-23(32)21-28-30(15-6-10-17(11-7-15)37(25,33)34)24-27-20-19(22(31)29(21)24)18(12-13-26-20)14-4-8-16(35-2)9-5-14/h4-13H,3H2,1-2H3,(H2,25,33,34). The molecule has 3 aromatic heterocycles. The molecule has 188 valence electrons. The van der Waals surface area contributed by atoms with Crippen molar-refractivity contribution in [1.82, 2.24) is 24.1 Å². The summed E-state index contributed by atoms with van der Waals surface area (Å²) < 4.78 is 36.0. The van der Waals surface area contributed by atoms with E-state index >= 15 is 0 Å². The van der Waals surface area contributed by atoms with Crippen LogP contribution in [-0.2, 0) is 14.8 Å². The van der Waals surface area contributed by atoms with Crippen molar-refractivity contribution in [2.45, 2.75) is 11.8 Å². The second-order valence-electron chi connectivity index (χ2n) is 7.83. The van der Waals surface area contributed by atoms with Gasteiger partial charge in [-0.15, -0.1) is 5.10 Å². The van der Waals surface area contributed by atoms with Gasteiger partial charge in [0, 0.05) is 6.20 Å². The van der Waals surface area contributed by atoms with Gasteiger partial charge in [0.25, 0.3) is 5.56 Å². The number of aromatic nitrogens is 5. The largest absolute Gasteiger partial charge is 0.497 e. The molecule has 12 nitrogen and oxygen atoms in total. The molecule has 0 spiro atoms. The Morgan fingerprint density at radius 2 is 1.76 bits per heavy atom. The summed E-state index contributed by atoms with van der Waals surface area (Å²) >= 11 is 0. The summed E-state index contributed by atoms with van der Waals surface area (Å²) in [7, 11) is -2.37. The Hall–Kier alpha value is -4.62. The Morgan fingerprint density at radius 3 is 2.38 bits per heavy atom. The Balaban J connectivity index is 1.81. The Bertz CT molecular complexity index is 1830. The van der Waals surface area contributed by atoms with Crippen LogP contribution in [0.4, 0.5) is 0 Å². The van der Waals surface area contributed by atoms with Crippen LogP contribution in [0.25, 0.3) is 33.6 Å². The van der Waals surface area contributed by atoms with Gasteiger partial charge in [0.1, 0.15) is 5.75 Å². The lowest BCUT2D eigenvalue weighted by atomic mass is 10.0. The van der Waals surface area contributed by atoms with Gasteiger partial charge in [0.05, 0.1) is 29.7 Å². The van der Waals surface area contributed by atoms with Gasteiger partial charge in [0.15, 0.2) is 5.65 Å². The number of hydrogen-bond acceptors (Lipinski definition) is 9. The summed E-state index contributed by atoms with van der Waals surface area (Å²) in [6.07, 6.45) is 1.53. The minimum Gasteiger partial charge on any atom is -0.497 e. The maximum absolute atomic E-state index is 13.9. The molecule has 0 fully saturated rings. The lowest BCUT2D eigenvalue weighted by molar-refractivity contribution is 0.0509. The Kier molecular flexibility index (Phi) is 5.93. The number of methoxy groups -OCH3 is 1. The number of carbonyl (C=O) groups excluding carboxylic acids is 1. The molecule has 13 heteroatoms. The summed E-state index contributed by atoms with van der Waals surface area (Å²) in [6, 6.07) is 14.2. The summed E-state index contributed by atoms with van der Waals surface area (Å²) in [6.45, 7) is 1.69. The first-order chi connectivity index (χ1) is 17.7. The third-order valence-electron chi connectivity index (χ3n) is 5.62. The number of nitrogens with zero attached hydrogens (tertiary/aromatic N) is 5. The highest BCUT2D eigenvalue weighted by Gasteiger charge is 2.25. The van der Waals surface area contributed by atoms with E-state index in [0.717, 1.165) is 9.96 Å². The molecule has 0 saturated carbocycles. The van der Waals surface area contributed by atoms with E-state index in [1.54, 1.807) is 44.4 Å². The number of carbonyl (C=O) groups is 1.